The number of aliphatic hydroxyl groups is 1. The van der Waals surface area contributed by atoms with Gasteiger partial charge in [0, 0.05) is 82.8 Å². The van der Waals surface area contributed by atoms with Crippen LogP contribution in [0.15, 0.2) is 172 Å². The van der Waals surface area contributed by atoms with Gasteiger partial charge in [0.25, 0.3) is 0 Å². The van der Waals surface area contributed by atoms with Gasteiger partial charge in [-0.25, -0.2) is 59.8 Å². The average molecular weight is 1890 g/mol. The van der Waals surface area contributed by atoms with Gasteiger partial charge in [0.2, 0.25) is 23.5 Å². The van der Waals surface area contributed by atoms with E-state index in [2.05, 4.69) is 106 Å². The molecule has 0 bridgehead atoms. The standard InChI is InChI=1S/2C23H21F3N8O.C21H15ClF3N7O.C21H16F3N7O2/c1-13-7-15(9-27)28-11-17(13)35-19-8-16(20-22(32-19)34(4)12-30-20)31-18-6-5-14(10-29-18)21(33(2)3)23(24,25)26;1-4-28-21(23(24,25)26)14-5-6-18(30-10-14)32-16-8-19(33-22-20(16)31-12-34(22)3)35-17-11-29-15(9-27)7-13(17)2;1-11-5-13(7-26)27-9-15(11)33-17-6-14(18-20(31-17)32(2)10-29-18)30-16-4-3-12(8-28-16)19(22)21(23,24)25;1-11-5-13(7-25)26-9-15(11)33-17-6-14(18-20(30-17)31(2)10-28-18)29-16-4-3-12(8-27-16)19(32)21(22,23)24/h5-8,10-12,21H,1-4H3,(H,29,31,32);5-8,10-12,21,28H,4H2,1-3H3,(H,30,32,33);3-6,8-10,19H,1-2H3,(H,28,30,31);3-6,8-10,19,32H,1-2H3,(H,27,29,30). The maximum atomic E-state index is 13.4. The molecule has 0 spiro atoms. The van der Waals surface area contributed by atoms with Crippen molar-refractivity contribution in [1.82, 2.24) is 108 Å². The number of alkyl halides is 13. The van der Waals surface area contributed by atoms with E-state index in [1.165, 1.54) is 93.7 Å². The van der Waals surface area contributed by atoms with Crippen LogP contribution in [0.2, 0.25) is 0 Å². The Morgan fingerprint density at radius 3 is 0.882 bits per heavy atom. The number of halogens is 13. The van der Waals surface area contributed by atoms with E-state index in [1.807, 2.05) is 24.3 Å². The highest BCUT2D eigenvalue weighted by atomic mass is 35.5. The van der Waals surface area contributed by atoms with Crippen LogP contribution < -0.4 is 45.5 Å². The van der Waals surface area contributed by atoms with Crippen LogP contribution in [0.3, 0.4) is 0 Å². The summed E-state index contributed by atoms with van der Waals surface area (Å²) in [7, 11) is 9.79. The molecule has 16 heterocycles. The number of nitrogens with zero attached hydrogens (tertiary/aromatic N) is 25. The zero-order valence-electron chi connectivity index (χ0n) is 72.9. The molecule has 0 saturated carbocycles. The molecule has 0 aliphatic carbocycles. The Morgan fingerprint density at radius 2 is 0.654 bits per heavy atom. The first-order valence-electron chi connectivity index (χ1n) is 39.9. The van der Waals surface area contributed by atoms with Crippen molar-refractivity contribution in [2.45, 2.75) is 82.9 Å². The first kappa shape index (κ1) is 96.9. The van der Waals surface area contributed by atoms with Crippen LogP contribution in [0.4, 0.5) is 98.7 Å². The minimum absolute atomic E-state index is 0.00965. The lowest BCUT2D eigenvalue weighted by Gasteiger charge is -2.26. The van der Waals surface area contributed by atoms with Gasteiger partial charge in [0.1, 0.15) is 104 Å². The molecule has 0 fully saturated rings. The number of aryl methyl sites for hydroxylation is 8. The summed E-state index contributed by atoms with van der Waals surface area (Å²) in [5.41, 5.74) is 9.35. The molecule has 4 atom stereocenters. The summed E-state index contributed by atoms with van der Waals surface area (Å²) in [6.07, 6.45) is -4.44. The van der Waals surface area contributed by atoms with Crippen LogP contribution in [-0.4, -0.2) is 153 Å². The molecule has 136 heavy (non-hydrogen) atoms. The lowest BCUT2D eigenvalue weighted by atomic mass is 10.1. The van der Waals surface area contributed by atoms with Crippen molar-refractivity contribution in [3.63, 3.8) is 0 Å². The summed E-state index contributed by atoms with van der Waals surface area (Å²) in [6.45, 7) is 8.88. The molecule has 0 aliphatic heterocycles. The third-order valence-electron chi connectivity index (χ3n) is 19.8. The van der Waals surface area contributed by atoms with E-state index in [0.717, 1.165) is 23.4 Å². The van der Waals surface area contributed by atoms with Gasteiger partial charge < -0.3 is 68.9 Å². The fraction of sp³-hybridized carbons (Fsp3) is 0.227. The number of ether oxygens (including phenoxy) is 4. The number of nitrogens with one attached hydrogen (secondary N) is 5. The maximum absolute atomic E-state index is 13.4. The van der Waals surface area contributed by atoms with Crippen LogP contribution in [0.25, 0.3) is 44.7 Å². The van der Waals surface area contributed by atoms with Crippen LogP contribution in [0, 0.1) is 73.0 Å². The number of nitriles is 4. The second kappa shape index (κ2) is 40.6. The Morgan fingerprint density at radius 1 is 0.375 bits per heavy atom. The van der Waals surface area contributed by atoms with Crippen LogP contribution in [0.5, 0.6) is 46.5 Å². The SMILES string of the molecule is CCNC(c1ccc(Nc2cc(Oc3cnc(C#N)cc3C)nc3c2ncn3C)nc1)C(F)(F)F.Cc1cc(C#N)ncc1Oc1cc(Nc2ccc(C(Cl)C(F)(F)F)cn2)c2ncn(C)c2n1.Cc1cc(C#N)ncc1Oc1cc(Nc2ccc(C(N(C)C)C(F)(F)F)cn2)c2ncn(C)c2n1.Cc1cc(C#N)ncc1Oc1cc(Nc2ccc(C(O)C(F)(F)F)cn2)c2ncn(C)c2n1. The lowest BCUT2D eigenvalue weighted by Crippen LogP contribution is -2.34. The summed E-state index contributed by atoms with van der Waals surface area (Å²) in [4.78, 5) is 68.7. The number of pyridine rings is 12. The normalized spacial score (nSPS) is 12.4. The number of imidazole rings is 4. The molecule has 0 radical (unpaired) electrons. The first-order valence-corrected chi connectivity index (χ1v) is 40.4. The summed E-state index contributed by atoms with van der Waals surface area (Å²) in [5, 5.41) is 57.8. The lowest BCUT2D eigenvalue weighted by molar-refractivity contribution is -0.206. The van der Waals surface area contributed by atoms with E-state index < -0.39 is 48.3 Å². The summed E-state index contributed by atoms with van der Waals surface area (Å²) in [5.74, 6) is 3.72. The van der Waals surface area contributed by atoms with Crippen molar-refractivity contribution >= 4 is 102 Å². The van der Waals surface area contributed by atoms with E-state index in [4.69, 9.17) is 51.6 Å². The number of aliphatic hydroxyl groups excluding tert-OH is 1. The minimum Gasteiger partial charge on any atom is -0.437 e. The second-order valence-corrected chi connectivity index (χ2v) is 30.5. The fourth-order valence-electron chi connectivity index (χ4n) is 13.1. The van der Waals surface area contributed by atoms with Gasteiger partial charge in [-0.2, -0.15) is 93.7 Å². The molecular weight excluding hydrogens is 1820 g/mol. The van der Waals surface area contributed by atoms with Gasteiger partial charge in [0.05, 0.1) is 72.8 Å². The number of aromatic nitrogens is 20. The van der Waals surface area contributed by atoms with Crippen molar-refractivity contribution in [3.05, 3.63) is 239 Å². The highest BCUT2D eigenvalue weighted by Crippen LogP contribution is 2.43. The van der Waals surface area contributed by atoms with E-state index in [9.17, 15) is 57.8 Å². The highest BCUT2D eigenvalue weighted by molar-refractivity contribution is 6.21. The molecule has 16 aromatic rings. The molecule has 35 nitrogen and oxygen atoms in total. The molecule has 696 valence electrons. The second-order valence-electron chi connectivity index (χ2n) is 30.0. The van der Waals surface area contributed by atoms with Gasteiger partial charge in [-0.05, 0) is 136 Å². The molecule has 0 aromatic carbocycles. The maximum Gasteiger partial charge on any atom is 0.418 e. The Hall–Kier alpha value is -16.6. The molecule has 0 aliphatic rings. The van der Waals surface area contributed by atoms with Crippen molar-refractivity contribution in [2.75, 3.05) is 41.9 Å². The van der Waals surface area contributed by atoms with E-state index in [0.29, 0.717) is 124 Å². The molecule has 16 aromatic heterocycles. The van der Waals surface area contributed by atoms with Gasteiger partial charge in [-0.3, -0.25) is 4.90 Å². The van der Waals surface area contributed by atoms with E-state index >= 15 is 0 Å². The van der Waals surface area contributed by atoms with Gasteiger partial charge in [0.15, 0.2) is 57.1 Å². The van der Waals surface area contributed by atoms with Crippen LogP contribution in [0.1, 0.15) is 97.8 Å². The molecule has 0 saturated heterocycles. The zero-order chi connectivity index (χ0) is 98.0. The van der Waals surface area contributed by atoms with Gasteiger partial charge in [-0.1, -0.05) is 31.2 Å². The fourth-order valence-corrected chi connectivity index (χ4v) is 13.2. The smallest absolute Gasteiger partial charge is 0.418 e. The number of hydrogen-bond donors (Lipinski definition) is 6. The highest BCUT2D eigenvalue weighted by Gasteiger charge is 2.44. The average Bonchev–Trinajstić information content (AvgIpc) is 1.71. The predicted molar refractivity (Wildman–Crippen MR) is 470 cm³/mol. The summed E-state index contributed by atoms with van der Waals surface area (Å²) in [6, 6.07) is 27.8. The molecule has 6 N–H and O–H groups in total. The topological polar surface area (TPSA) is 442 Å². The third-order valence-corrected chi connectivity index (χ3v) is 20.3. The molecule has 0 amide bonds. The Labute approximate surface area is 767 Å². The largest absolute Gasteiger partial charge is 0.437 e. The Balaban J connectivity index is 0.000000153. The Bertz CT molecular complexity index is 7030. The van der Waals surface area contributed by atoms with Gasteiger partial charge >= 0.3 is 24.7 Å². The summed E-state index contributed by atoms with van der Waals surface area (Å²) >= 11 is 5.46. The van der Waals surface area contributed by atoms with Crippen molar-refractivity contribution in [1.29, 1.82) is 21.0 Å². The zero-order valence-corrected chi connectivity index (χ0v) is 73.6. The monoisotopic (exact) mass is 1890 g/mol. The van der Waals surface area contributed by atoms with E-state index in [-0.39, 0.29) is 86.7 Å². The minimum atomic E-state index is -4.79. The molecular formula is C88H73ClF12N30O5. The van der Waals surface area contributed by atoms with Crippen molar-refractivity contribution in [3.8, 4) is 70.8 Å². The van der Waals surface area contributed by atoms with Crippen LogP contribution in [-0.2, 0) is 28.2 Å². The van der Waals surface area contributed by atoms with Crippen LogP contribution >= 0.6 is 11.6 Å². The van der Waals surface area contributed by atoms with Crippen molar-refractivity contribution < 1.29 is 76.7 Å². The predicted octanol–water partition coefficient (Wildman–Crippen LogP) is 18.7. The summed E-state index contributed by atoms with van der Waals surface area (Å²) < 4.78 is 187. The number of rotatable bonds is 23. The first-order chi connectivity index (χ1) is 64.6. The van der Waals surface area contributed by atoms with Crippen molar-refractivity contribution in [2.24, 2.45) is 28.2 Å². The van der Waals surface area contributed by atoms with Gasteiger partial charge in [-0.15, -0.1) is 11.6 Å². The number of fused-ring (bicyclic) bond motifs is 4. The molecule has 48 heteroatoms. The molecule has 4 unspecified atom stereocenters. The quantitative estimate of drug-likeness (QED) is 0.0256. The number of hydrogen-bond acceptors (Lipinski definition) is 31. The van der Waals surface area contributed by atoms with E-state index in [1.54, 1.807) is 155 Å². The Kier molecular flexibility index (Phi) is 28.9. The number of anilines is 8. The third kappa shape index (κ3) is 23.1. The molecule has 16 rings (SSSR count).